The summed E-state index contributed by atoms with van der Waals surface area (Å²) in [5, 5.41) is 0. The summed E-state index contributed by atoms with van der Waals surface area (Å²) >= 11 is 0. The fourth-order valence-corrected chi connectivity index (χ4v) is 1.69. The van der Waals surface area contributed by atoms with E-state index in [9.17, 15) is 9.59 Å². The number of H-pyrrole nitrogens is 1. The van der Waals surface area contributed by atoms with E-state index in [2.05, 4.69) is 25.8 Å². The van der Waals surface area contributed by atoms with Gasteiger partial charge in [-0.05, 0) is 19.3 Å². The molecule has 4 heteroatoms. The summed E-state index contributed by atoms with van der Waals surface area (Å²) in [7, 11) is 1.73. The van der Waals surface area contributed by atoms with E-state index >= 15 is 0 Å². The maximum Gasteiger partial charge on any atom is 0.259 e. The number of nitrogens with zero attached hydrogens (tertiary/aromatic N) is 1. The van der Waals surface area contributed by atoms with Gasteiger partial charge < -0.3 is 9.88 Å². The zero-order chi connectivity index (χ0) is 14.1. The van der Waals surface area contributed by atoms with Gasteiger partial charge in [-0.15, -0.1) is 0 Å². The molecule has 1 heterocycles. The van der Waals surface area contributed by atoms with Gasteiger partial charge in [0.25, 0.3) is 5.91 Å². The molecule has 1 N–H and O–H groups in total. The van der Waals surface area contributed by atoms with Gasteiger partial charge in [0.05, 0.1) is 0 Å². The van der Waals surface area contributed by atoms with Gasteiger partial charge in [-0.1, -0.05) is 20.8 Å². The predicted octanol–water partition coefficient (Wildman–Crippen LogP) is 2.19. The number of rotatable bonds is 2. The van der Waals surface area contributed by atoms with Crippen LogP contribution < -0.4 is 5.43 Å². The number of aryl methyl sites for hydroxylation is 1. The fraction of sp³-hybridized carbons (Fsp3) is 0.571. The second-order valence-corrected chi connectivity index (χ2v) is 5.85. The third kappa shape index (κ3) is 3.00. The zero-order valence-electron chi connectivity index (χ0n) is 12.0. The molecule has 100 valence electrons. The van der Waals surface area contributed by atoms with Gasteiger partial charge in [0.15, 0.2) is 5.43 Å². The van der Waals surface area contributed by atoms with Crippen LogP contribution in [-0.4, -0.2) is 28.9 Å². The molecule has 0 aromatic carbocycles. The van der Waals surface area contributed by atoms with Crippen molar-refractivity contribution in [3.8, 4) is 0 Å². The Hall–Kier alpha value is -1.58. The molecular formula is C14H22N2O2. The average Bonchev–Trinajstić information content (AvgIpc) is 2.25. The summed E-state index contributed by atoms with van der Waals surface area (Å²) in [6.45, 7) is 9.99. The highest BCUT2D eigenvalue weighted by Crippen LogP contribution is 2.23. The quantitative estimate of drug-likeness (QED) is 0.874. The van der Waals surface area contributed by atoms with Gasteiger partial charge in [-0.25, -0.2) is 0 Å². The van der Waals surface area contributed by atoms with Gasteiger partial charge in [0.2, 0.25) is 0 Å². The Bertz CT molecular complexity index is 497. The van der Waals surface area contributed by atoms with Crippen LogP contribution in [0.4, 0.5) is 0 Å². The molecule has 1 amide bonds. The van der Waals surface area contributed by atoms with E-state index in [1.54, 1.807) is 18.9 Å². The molecule has 0 aliphatic carbocycles. The first-order valence-corrected chi connectivity index (χ1v) is 6.11. The van der Waals surface area contributed by atoms with Gasteiger partial charge in [0, 0.05) is 31.0 Å². The van der Waals surface area contributed by atoms with Crippen LogP contribution in [0.15, 0.2) is 17.1 Å². The lowest BCUT2D eigenvalue weighted by Crippen LogP contribution is -2.44. The lowest BCUT2D eigenvalue weighted by Gasteiger charge is -2.35. The molecule has 0 aliphatic heterocycles. The van der Waals surface area contributed by atoms with E-state index in [4.69, 9.17) is 0 Å². The highest BCUT2D eigenvalue weighted by Gasteiger charge is 2.28. The molecule has 1 unspecified atom stereocenters. The summed E-state index contributed by atoms with van der Waals surface area (Å²) in [6, 6.07) is 1.49. The van der Waals surface area contributed by atoms with Gasteiger partial charge >= 0.3 is 0 Å². The Morgan fingerprint density at radius 3 is 2.39 bits per heavy atom. The Balaban J connectivity index is 3.04. The highest BCUT2D eigenvalue weighted by molar-refractivity contribution is 5.93. The lowest BCUT2D eigenvalue weighted by atomic mass is 9.87. The van der Waals surface area contributed by atoms with Crippen molar-refractivity contribution in [3.05, 3.63) is 33.7 Å². The van der Waals surface area contributed by atoms with Gasteiger partial charge in [-0.2, -0.15) is 0 Å². The van der Waals surface area contributed by atoms with E-state index in [0.29, 0.717) is 0 Å². The molecule has 1 rings (SSSR count). The minimum Gasteiger partial charge on any atom is -0.364 e. The first kappa shape index (κ1) is 14.5. The van der Waals surface area contributed by atoms with Gasteiger partial charge in [0.1, 0.15) is 5.56 Å². The van der Waals surface area contributed by atoms with E-state index < -0.39 is 0 Å². The molecule has 0 saturated carbocycles. The molecule has 0 radical (unpaired) electrons. The molecule has 1 atom stereocenters. The van der Waals surface area contributed by atoms with Gasteiger partial charge in [-0.3, -0.25) is 9.59 Å². The van der Waals surface area contributed by atoms with Crippen LogP contribution >= 0.6 is 0 Å². The topological polar surface area (TPSA) is 53.2 Å². The average molecular weight is 250 g/mol. The fourth-order valence-electron chi connectivity index (χ4n) is 1.69. The molecule has 1 aromatic rings. The van der Waals surface area contributed by atoms with Crippen molar-refractivity contribution in [2.24, 2.45) is 5.41 Å². The number of pyridine rings is 1. The molecule has 0 aliphatic rings. The van der Waals surface area contributed by atoms with Crippen molar-refractivity contribution in [3.63, 3.8) is 0 Å². The van der Waals surface area contributed by atoms with E-state index in [-0.39, 0.29) is 28.4 Å². The lowest BCUT2D eigenvalue weighted by molar-refractivity contribution is 0.0627. The van der Waals surface area contributed by atoms with Crippen molar-refractivity contribution in [1.29, 1.82) is 0 Å². The molecule has 0 spiro atoms. The zero-order valence-corrected chi connectivity index (χ0v) is 12.0. The molecule has 18 heavy (non-hydrogen) atoms. The predicted molar refractivity (Wildman–Crippen MR) is 72.8 cm³/mol. The maximum atomic E-state index is 12.3. The number of carbonyl (C=O) groups is 1. The molecule has 4 nitrogen and oxygen atoms in total. The summed E-state index contributed by atoms with van der Waals surface area (Å²) in [4.78, 5) is 28.6. The Labute approximate surface area is 108 Å². The van der Waals surface area contributed by atoms with Crippen LogP contribution in [0, 0.1) is 12.3 Å². The molecule has 0 saturated heterocycles. The van der Waals surface area contributed by atoms with Crippen molar-refractivity contribution < 1.29 is 4.79 Å². The standard InChI is InChI=1S/C14H22N2O2/c1-9-7-12(17)11(8-15-9)13(18)16(6)10(2)14(3,4)5/h7-8,10H,1-6H3,(H,15,17). The molecular weight excluding hydrogens is 228 g/mol. The van der Waals surface area contributed by atoms with Crippen molar-refractivity contribution in [2.45, 2.75) is 40.7 Å². The van der Waals surface area contributed by atoms with Crippen molar-refractivity contribution >= 4 is 5.91 Å². The third-order valence-corrected chi connectivity index (χ3v) is 3.44. The minimum absolute atomic E-state index is 0.0259. The monoisotopic (exact) mass is 250 g/mol. The normalized spacial score (nSPS) is 13.2. The van der Waals surface area contributed by atoms with Crippen LogP contribution in [0.3, 0.4) is 0 Å². The second kappa shape index (κ2) is 4.96. The van der Waals surface area contributed by atoms with Crippen molar-refractivity contribution in [1.82, 2.24) is 9.88 Å². The highest BCUT2D eigenvalue weighted by atomic mass is 16.2. The van der Waals surface area contributed by atoms with E-state index in [1.807, 2.05) is 6.92 Å². The maximum absolute atomic E-state index is 12.3. The van der Waals surface area contributed by atoms with Crippen LogP contribution in [-0.2, 0) is 0 Å². The summed E-state index contributed by atoms with van der Waals surface area (Å²) < 4.78 is 0. The molecule has 0 fully saturated rings. The second-order valence-electron chi connectivity index (χ2n) is 5.85. The third-order valence-electron chi connectivity index (χ3n) is 3.44. The summed E-state index contributed by atoms with van der Waals surface area (Å²) in [5.74, 6) is -0.237. The van der Waals surface area contributed by atoms with E-state index in [0.717, 1.165) is 5.69 Å². The molecule has 1 aromatic heterocycles. The number of carbonyl (C=O) groups excluding carboxylic acids is 1. The number of nitrogens with one attached hydrogen (secondary N) is 1. The Kier molecular flexibility index (Phi) is 3.99. The SMILES string of the molecule is Cc1cc(=O)c(C(=O)N(C)C(C)C(C)(C)C)c[nH]1. The number of aromatic nitrogens is 1. The minimum atomic E-state index is -0.237. The molecule has 0 bridgehead atoms. The number of hydrogen-bond donors (Lipinski definition) is 1. The van der Waals surface area contributed by atoms with E-state index in [1.165, 1.54) is 12.3 Å². The number of hydrogen-bond acceptors (Lipinski definition) is 2. The smallest absolute Gasteiger partial charge is 0.259 e. The van der Waals surface area contributed by atoms with Crippen LogP contribution in [0.25, 0.3) is 0 Å². The first-order valence-electron chi connectivity index (χ1n) is 6.11. The van der Waals surface area contributed by atoms with Crippen molar-refractivity contribution in [2.75, 3.05) is 7.05 Å². The van der Waals surface area contributed by atoms with Crippen LogP contribution in [0.5, 0.6) is 0 Å². The number of amides is 1. The Morgan fingerprint density at radius 1 is 1.39 bits per heavy atom. The summed E-state index contributed by atoms with van der Waals surface area (Å²) in [5.41, 5.74) is 0.688. The number of aromatic amines is 1. The summed E-state index contributed by atoms with van der Waals surface area (Å²) in [6.07, 6.45) is 1.49. The van der Waals surface area contributed by atoms with Crippen LogP contribution in [0.1, 0.15) is 43.7 Å². The largest absolute Gasteiger partial charge is 0.364 e. The first-order chi connectivity index (χ1) is 8.14. The van der Waals surface area contributed by atoms with Crippen LogP contribution in [0.2, 0.25) is 0 Å². The Morgan fingerprint density at radius 2 is 1.94 bits per heavy atom.